The largest absolute Gasteiger partial charge is 0.374 e. The molecule has 0 radical (unpaired) electrons. The number of rotatable bonds is 38. The standard InChI is InChI=1S/C91H98O14/c1-92-91-84(96-58-70-38-18-5-19-39-70)77(54-80-86(98-60-72-42-22-7-23-43-72)90(102-64-76-50-30-11-31-51-76)88(100-62-74-46-26-9-27-47-74)82(104-80)66-94-56-68-34-14-3-15-35-68)83(95-57-69-36-16-4-17-37-69)78(105-91)52-53-79-85(97-59-71-40-20-6-21-41-71)89(101-63-75-48-28-10-29-49-75)87(99-61-73-44-24-8-25-45-73)81(103-79)65-93-55-67-32-12-2-13-33-67/h2-51,77-91H,52-66H2,1H3/t77-,78+,79+,80+,81+,82+,83-,84-,85+,86+,87+,88+,89+,90+,91-/m0/s1. The molecule has 13 rings (SSSR count). The highest BCUT2D eigenvalue weighted by Gasteiger charge is 2.55. The summed E-state index contributed by atoms with van der Waals surface area (Å²) in [6, 6.07) is 102. The molecule has 3 fully saturated rings. The summed E-state index contributed by atoms with van der Waals surface area (Å²) in [6.07, 6.45) is -8.29. The summed E-state index contributed by atoms with van der Waals surface area (Å²) in [6.45, 7) is 3.36. The fourth-order valence-corrected chi connectivity index (χ4v) is 14.4. The van der Waals surface area contributed by atoms with Gasteiger partial charge in [-0.15, -0.1) is 0 Å². The van der Waals surface area contributed by atoms with Crippen molar-refractivity contribution in [1.29, 1.82) is 0 Å². The highest BCUT2D eigenvalue weighted by atomic mass is 16.7. The quantitative estimate of drug-likeness (QED) is 0.0364. The monoisotopic (exact) mass is 1410 g/mol. The second-order valence-electron chi connectivity index (χ2n) is 27.3. The van der Waals surface area contributed by atoms with Crippen LogP contribution in [-0.2, 0) is 132 Å². The van der Waals surface area contributed by atoms with Crippen molar-refractivity contribution >= 4 is 0 Å². The molecule has 0 N–H and O–H groups in total. The maximum atomic E-state index is 7.75. The zero-order chi connectivity index (χ0) is 71.3. The minimum Gasteiger partial charge on any atom is -0.374 e. The van der Waals surface area contributed by atoms with Gasteiger partial charge in [0.2, 0.25) is 0 Å². The lowest BCUT2D eigenvalue weighted by molar-refractivity contribution is -0.314. The normalized spacial score (nSPS) is 24.6. The number of methoxy groups -OCH3 is 1. The molecule has 0 spiro atoms. The first kappa shape index (κ1) is 74.9. The van der Waals surface area contributed by atoms with E-state index in [0.29, 0.717) is 52.3 Å². The molecule has 546 valence electrons. The van der Waals surface area contributed by atoms with Gasteiger partial charge in [0, 0.05) is 13.0 Å². The van der Waals surface area contributed by atoms with Crippen molar-refractivity contribution in [2.45, 2.75) is 171 Å². The molecular formula is C91H98O14. The van der Waals surface area contributed by atoms with Crippen LogP contribution >= 0.6 is 0 Å². The van der Waals surface area contributed by atoms with Crippen LogP contribution in [0.15, 0.2) is 303 Å². The van der Waals surface area contributed by atoms with Gasteiger partial charge in [-0.05, 0) is 74.9 Å². The van der Waals surface area contributed by atoms with Gasteiger partial charge in [-0.25, -0.2) is 0 Å². The minimum absolute atomic E-state index is 0.182. The van der Waals surface area contributed by atoms with Gasteiger partial charge < -0.3 is 66.3 Å². The second-order valence-corrected chi connectivity index (χ2v) is 27.3. The molecule has 14 nitrogen and oxygen atoms in total. The van der Waals surface area contributed by atoms with Crippen LogP contribution in [0.2, 0.25) is 0 Å². The van der Waals surface area contributed by atoms with E-state index in [1.165, 1.54) is 0 Å². The average Bonchev–Trinajstić information content (AvgIpc) is 0.769. The van der Waals surface area contributed by atoms with Crippen LogP contribution in [0.4, 0.5) is 0 Å². The van der Waals surface area contributed by atoms with E-state index >= 15 is 0 Å². The fourth-order valence-electron chi connectivity index (χ4n) is 14.4. The molecule has 0 aromatic heterocycles. The summed E-state index contributed by atoms with van der Waals surface area (Å²) in [4.78, 5) is 0. The molecule has 3 heterocycles. The van der Waals surface area contributed by atoms with Crippen LogP contribution in [0.25, 0.3) is 0 Å². The first-order valence-electron chi connectivity index (χ1n) is 37.0. The third kappa shape index (κ3) is 22.1. The van der Waals surface area contributed by atoms with Crippen LogP contribution in [0.5, 0.6) is 0 Å². The first-order chi connectivity index (χ1) is 52.0. The molecule has 3 aliphatic rings. The Hall–Kier alpha value is -8.36. The molecule has 15 atom stereocenters. The summed E-state index contributed by atoms with van der Waals surface area (Å²) in [5, 5.41) is 0. The van der Waals surface area contributed by atoms with E-state index in [1.807, 2.05) is 182 Å². The van der Waals surface area contributed by atoms with E-state index < -0.39 is 91.6 Å². The van der Waals surface area contributed by atoms with Crippen molar-refractivity contribution in [2.75, 3.05) is 20.3 Å². The van der Waals surface area contributed by atoms with E-state index in [0.717, 1.165) is 55.6 Å². The van der Waals surface area contributed by atoms with Crippen molar-refractivity contribution in [3.63, 3.8) is 0 Å². The lowest BCUT2D eigenvalue weighted by Gasteiger charge is -2.51. The van der Waals surface area contributed by atoms with Crippen LogP contribution in [0, 0.1) is 5.92 Å². The van der Waals surface area contributed by atoms with Gasteiger partial charge in [-0.1, -0.05) is 303 Å². The number of ether oxygens (including phenoxy) is 14. The van der Waals surface area contributed by atoms with Gasteiger partial charge in [0.05, 0.1) is 104 Å². The SMILES string of the molecule is CO[C@H]1O[C@H](CC[C@H]2O[C@H](COCc3ccccc3)[C@@H](OCc3ccccc3)[C@H](OCc3ccccc3)[C@@H]2OCc2ccccc2)[C@@H](OCc2ccccc2)[C@H](C[C@H]2O[C@H](COCc3ccccc3)[C@@H](OCc3ccccc3)[C@H](OCc3ccccc3)[C@@H]2OCc2ccccc2)[C@@H]1OCc1ccccc1. The van der Waals surface area contributed by atoms with Crippen LogP contribution in [0.1, 0.15) is 74.9 Å². The Bertz CT molecular complexity index is 3970. The molecule has 0 unspecified atom stereocenters. The van der Waals surface area contributed by atoms with Crippen molar-refractivity contribution in [3.05, 3.63) is 359 Å². The van der Waals surface area contributed by atoms with Crippen molar-refractivity contribution in [1.82, 2.24) is 0 Å². The summed E-state index contributed by atoms with van der Waals surface area (Å²) in [7, 11) is 1.69. The van der Waals surface area contributed by atoms with Crippen LogP contribution < -0.4 is 0 Å². The Morgan fingerprint density at radius 3 is 0.724 bits per heavy atom. The predicted molar refractivity (Wildman–Crippen MR) is 403 cm³/mol. The Labute approximate surface area is 619 Å². The van der Waals surface area contributed by atoms with Gasteiger partial charge in [0.1, 0.15) is 54.9 Å². The molecule has 3 saturated heterocycles. The molecule has 0 saturated carbocycles. The van der Waals surface area contributed by atoms with E-state index in [2.05, 4.69) is 121 Å². The Kier molecular flexibility index (Phi) is 28.8. The summed E-state index contributed by atoms with van der Waals surface area (Å²) >= 11 is 0. The molecule has 10 aromatic carbocycles. The molecule has 14 heteroatoms. The van der Waals surface area contributed by atoms with Crippen molar-refractivity contribution in [2.24, 2.45) is 5.92 Å². The summed E-state index contributed by atoms with van der Waals surface area (Å²) in [5.41, 5.74) is 10.1. The Morgan fingerprint density at radius 1 is 0.219 bits per heavy atom. The van der Waals surface area contributed by atoms with E-state index in [-0.39, 0.29) is 46.2 Å². The molecular weight excluding hydrogens is 1320 g/mol. The molecule has 0 bridgehead atoms. The lowest BCUT2D eigenvalue weighted by Crippen LogP contribution is -2.64. The molecule has 105 heavy (non-hydrogen) atoms. The van der Waals surface area contributed by atoms with Gasteiger partial charge in [0.25, 0.3) is 0 Å². The number of hydrogen-bond acceptors (Lipinski definition) is 14. The summed E-state index contributed by atoms with van der Waals surface area (Å²) in [5.74, 6) is -0.495. The Morgan fingerprint density at radius 2 is 0.438 bits per heavy atom. The molecule has 0 aliphatic carbocycles. The Balaban J connectivity index is 0.894. The molecule has 10 aromatic rings. The third-order valence-electron chi connectivity index (χ3n) is 19.8. The van der Waals surface area contributed by atoms with E-state index in [4.69, 9.17) is 66.3 Å². The zero-order valence-corrected chi connectivity index (χ0v) is 59.8. The average molecular weight is 1420 g/mol. The first-order valence-corrected chi connectivity index (χ1v) is 37.0. The van der Waals surface area contributed by atoms with Gasteiger partial charge in [-0.3, -0.25) is 0 Å². The van der Waals surface area contributed by atoms with Crippen LogP contribution in [0.3, 0.4) is 0 Å². The second kappa shape index (κ2) is 40.4. The minimum atomic E-state index is -0.890. The fraction of sp³-hybridized carbons (Fsp3) is 0.341. The topological polar surface area (TPSA) is 129 Å². The zero-order valence-electron chi connectivity index (χ0n) is 59.8. The van der Waals surface area contributed by atoms with Gasteiger partial charge in [0.15, 0.2) is 6.29 Å². The summed E-state index contributed by atoms with van der Waals surface area (Å²) < 4.78 is 101. The van der Waals surface area contributed by atoms with Gasteiger partial charge in [-0.2, -0.15) is 0 Å². The number of benzene rings is 10. The third-order valence-corrected chi connectivity index (χ3v) is 19.8. The lowest BCUT2D eigenvalue weighted by atomic mass is 9.79. The highest BCUT2D eigenvalue weighted by Crippen LogP contribution is 2.43. The number of hydrogen-bond donors (Lipinski definition) is 0. The van der Waals surface area contributed by atoms with Crippen molar-refractivity contribution in [3.8, 4) is 0 Å². The molecule has 0 amide bonds. The molecule has 3 aliphatic heterocycles. The van der Waals surface area contributed by atoms with E-state index in [1.54, 1.807) is 7.11 Å². The van der Waals surface area contributed by atoms with Crippen molar-refractivity contribution < 1.29 is 66.3 Å². The maximum absolute atomic E-state index is 7.75. The maximum Gasteiger partial charge on any atom is 0.184 e. The predicted octanol–water partition coefficient (Wildman–Crippen LogP) is 16.8. The van der Waals surface area contributed by atoms with Gasteiger partial charge >= 0.3 is 0 Å². The highest BCUT2D eigenvalue weighted by molar-refractivity contribution is 5.22. The van der Waals surface area contributed by atoms with Crippen LogP contribution in [-0.4, -0.2) is 106 Å². The smallest absolute Gasteiger partial charge is 0.184 e. The van der Waals surface area contributed by atoms with E-state index in [9.17, 15) is 0 Å².